The van der Waals surface area contributed by atoms with Crippen LogP contribution in [0.3, 0.4) is 0 Å². The summed E-state index contributed by atoms with van der Waals surface area (Å²) in [7, 11) is 0. The van der Waals surface area contributed by atoms with Crippen molar-refractivity contribution in [1.82, 2.24) is 10.2 Å². The van der Waals surface area contributed by atoms with E-state index in [1.54, 1.807) is 4.90 Å². The number of nitrogens with one attached hydrogen (secondary N) is 1. The number of carbonyl (C=O) groups is 4. The van der Waals surface area contributed by atoms with Crippen LogP contribution in [0.25, 0.3) is 0 Å². The molecule has 8 nitrogen and oxygen atoms in total. The lowest BCUT2D eigenvalue weighted by Crippen LogP contribution is -2.57. The fourth-order valence-corrected chi connectivity index (χ4v) is 3.91. The van der Waals surface area contributed by atoms with Crippen molar-refractivity contribution in [3.63, 3.8) is 0 Å². The maximum Gasteiger partial charge on any atom is 0.287 e. The summed E-state index contributed by atoms with van der Waals surface area (Å²) in [4.78, 5) is 51.5. The summed E-state index contributed by atoms with van der Waals surface area (Å²) in [6, 6.07) is -2.39. The smallest absolute Gasteiger partial charge is 0.287 e. The minimum absolute atomic E-state index is 0.161. The van der Waals surface area contributed by atoms with Crippen LogP contribution in [0, 0.1) is 23.2 Å². The molecule has 1 heterocycles. The zero-order valence-electron chi connectivity index (χ0n) is 18.9. The van der Waals surface area contributed by atoms with Gasteiger partial charge in [0, 0.05) is 6.54 Å². The summed E-state index contributed by atoms with van der Waals surface area (Å²) in [5.74, 6) is -1.51. The minimum atomic E-state index is -1.05. The first-order chi connectivity index (χ1) is 13.8. The third-order valence-corrected chi connectivity index (χ3v) is 6.50. The number of hydrogen-bond acceptors (Lipinski definition) is 5. The zero-order valence-corrected chi connectivity index (χ0v) is 18.9. The van der Waals surface area contributed by atoms with Gasteiger partial charge >= 0.3 is 0 Å². The highest BCUT2D eigenvalue weighted by molar-refractivity contribution is 6.37. The van der Waals surface area contributed by atoms with Gasteiger partial charge < -0.3 is 21.7 Å². The number of Topliss-reactive ketones (excluding diaryl/α,β-unsaturated/α-hetero) is 1. The second-order valence-corrected chi connectivity index (χ2v) is 10.4. The van der Waals surface area contributed by atoms with Crippen molar-refractivity contribution in [3.8, 4) is 0 Å². The third-order valence-electron chi connectivity index (χ3n) is 6.50. The van der Waals surface area contributed by atoms with Crippen molar-refractivity contribution >= 4 is 23.5 Å². The van der Waals surface area contributed by atoms with Crippen LogP contribution in [0.5, 0.6) is 0 Å². The van der Waals surface area contributed by atoms with E-state index in [9.17, 15) is 19.2 Å². The van der Waals surface area contributed by atoms with E-state index in [4.69, 9.17) is 11.5 Å². The van der Waals surface area contributed by atoms with Gasteiger partial charge in [-0.15, -0.1) is 0 Å². The molecule has 1 saturated heterocycles. The Hall–Kier alpha value is -1.96. The van der Waals surface area contributed by atoms with Crippen LogP contribution < -0.4 is 16.8 Å². The van der Waals surface area contributed by atoms with Gasteiger partial charge in [0.05, 0.1) is 12.1 Å². The predicted molar refractivity (Wildman–Crippen MR) is 114 cm³/mol. The standard InChI is InChI=1S/C22H38N4O4/c1-12(2)14-10-16(26(11-14)21(30)18(23)22(3,4)5)20(29)25-15(17(27)19(24)28)9-8-13-6-7-13/h12-16,18H,6-11,23H2,1-5H3,(H2,24,28)(H,25,29)/t14-,15?,16+,18-/m1/s1. The Morgan fingerprint density at radius 3 is 2.20 bits per heavy atom. The minimum Gasteiger partial charge on any atom is -0.363 e. The average molecular weight is 423 g/mol. The Morgan fingerprint density at radius 1 is 1.13 bits per heavy atom. The molecule has 4 atom stereocenters. The molecule has 0 aromatic rings. The molecule has 0 bridgehead atoms. The number of amides is 3. The van der Waals surface area contributed by atoms with E-state index in [0.717, 1.165) is 19.3 Å². The molecule has 2 aliphatic rings. The molecule has 30 heavy (non-hydrogen) atoms. The maximum atomic E-state index is 13.1. The van der Waals surface area contributed by atoms with Gasteiger partial charge in [-0.3, -0.25) is 19.2 Å². The highest BCUT2D eigenvalue weighted by Gasteiger charge is 2.44. The second-order valence-electron chi connectivity index (χ2n) is 10.4. The second kappa shape index (κ2) is 9.45. The Balaban J connectivity index is 2.17. The van der Waals surface area contributed by atoms with Crippen LogP contribution in [-0.4, -0.2) is 53.1 Å². The summed E-state index contributed by atoms with van der Waals surface area (Å²) in [5.41, 5.74) is 10.9. The lowest BCUT2D eigenvalue weighted by atomic mass is 9.86. The Labute approximate surface area is 179 Å². The van der Waals surface area contributed by atoms with E-state index in [2.05, 4.69) is 19.2 Å². The molecule has 0 radical (unpaired) electrons. The number of carbonyl (C=O) groups excluding carboxylic acids is 4. The number of ketones is 1. The molecule has 1 aliphatic heterocycles. The van der Waals surface area contributed by atoms with E-state index in [1.807, 2.05) is 20.8 Å². The highest BCUT2D eigenvalue weighted by atomic mass is 16.2. The molecule has 2 rings (SSSR count). The molecule has 1 aliphatic carbocycles. The largest absolute Gasteiger partial charge is 0.363 e. The van der Waals surface area contributed by atoms with Gasteiger partial charge in [-0.05, 0) is 42.4 Å². The van der Waals surface area contributed by atoms with E-state index < -0.39 is 41.1 Å². The molecule has 8 heteroatoms. The van der Waals surface area contributed by atoms with Gasteiger partial charge in [-0.25, -0.2) is 0 Å². The average Bonchev–Trinajstić information content (AvgIpc) is 3.37. The fraction of sp³-hybridized carbons (Fsp3) is 0.818. The van der Waals surface area contributed by atoms with Crippen LogP contribution in [0.2, 0.25) is 0 Å². The van der Waals surface area contributed by atoms with Crippen molar-refractivity contribution in [1.29, 1.82) is 0 Å². The molecule has 5 N–H and O–H groups in total. The van der Waals surface area contributed by atoms with Crippen molar-refractivity contribution in [2.75, 3.05) is 6.54 Å². The van der Waals surface area contributed by atoms with E-state index in [-0.39, 0.29) is 11.8 Å². The first-order valence-corrected chi connectivity index (χ1v) is 11.0. The van der Waals surface area contributed by atoms with Gasteiger partial charge in [-0.1, -0.05) is 47.5 Å². The number of nitrogens with zero attached hydrogens (tertiary/aromatic N) is 1. The first kappa shape index (κ1) is 24.3. The summed E-state index contributed by atoms with van der Waals surface area (Å²) in [6.45, 7) is 10.2. The van der Waals surface area contributed by atoms with Gasteiger partial charge in [0.2, 0.25) is 17.6 Å². The van der Waals surface area contributed by atoms with Crippen molar-refractivity contribution in [2.24, 2.45) is 34.6 Å². The summed E-state index contributed by atoms with van der Waals surface area (Å²) < 4.78 is 0. The molecule has 1 saturated carbocycles. The lowest BCUT2D eigenvalue weighted by molar-refractivity contribution is -0.143. The molecule has 3 amide bonds. The van der Waals surface area contributed by atoms with Crippen molar-refractivity contribution < 1.29 is 19.2 Å². The molecule has 0 aromatic carbocycles. The molecule has 1 unspecified atom stereocenters. The lowest BCUT2D eigenvalue weighted by Gasteiger charge is -2.33. The zero-order chi connectivity index (χ0) is 22.8. The SMILES string of the molecule is CC(C)[C@@H]1C[C@@H](C(=O)NC(CCC2CC2)C(=O)C(N)=O)N(C(=O)[C@@H](N)C(C)(C)C)C1. The van der Waals surface area contributed by atoms with Crippen molar-refractivity contribution in [3.05, 3.63) is 0 Å². The summed E-state index contributed by atoms with van der Waals surface area (Å²) in [5, 5.41) is 2.72. The van der Waals surface area contributed by atoms with Crippen LogP contribution in [0.1, 0.15) is 66.7 Å². The summed E-state index contributed by atoms with van der Waals surface area (Å²) >= 11 is 0. The Kier molecular flexibility index (Phi) is 7.66. The van der Waals surface area contributed by atoms with E-state index in [0.29, 0.717) is 31.2 Å². The highest BCUT2D eigenvalue weighted by Crippen LogP contribution is 2.34. The predicted octanol–water partition coefficient (Wildman–Crippen LogP) is 0.962. The molecule has 2 fully saturated rings. The van der Waals surface area contributed by atoms with E-state index >= 15 is 0 Å². The number of likely N-dealkylation sites (tertiary alicyclic amines) is 1. The molecule has 170 valence electrons. The maximum absolute atomic E-state index is 13.1. The molecule has 0 spiro atoms. The topological polar surface area (TPSA) is 136 Å². The molecular weight excluding hydrogens is 384 g/mol. The normalized spacial score (nSPS) is 23.9. The van der Waals surface area contributed by atoms with Gasteiger partial charge in [-0.2, -0.15) is 0 Å². The summed E-state index contributed by atoms with van der Waals surface area (Å²) in [6.07, 6.45) is 3.87. The number of primary amides is 1. The third kappa shape index (κ3) is 6.03. The Bertz CT molecular complexity index is 681. The van der Waals surface area contributed by atoms with Gasteiger partial charge in [0.25, 0.3) is 5.91 Å². The van der Waals surface area contributed by atoms with Crippen molar-refractivity contribution in [2.45, 2.75) is 84.8 Å². The van der Waals surface area contributed by atoms with Crippen LogP contribution in [0.4, 0.5) is 0 Å². The monoisotopic (exact) mass is 422 g/mol. The number of hydrogen-bond donors (Lipinski definition) is 3. The molecule has 0 aromatic heterocycles. The number of rotatable bonds is 9. The number of nitrogens with two attached hydrogens (primary N) is 2. The van der Waals surface area contributed by atoms with Gasteiger partial charge in [0.15, 0.2) is 0 Å². The fourth-order valence-electron chi connectivity index (χ4n) is 3.91. The van der Waals surface area contributed by atoms with Crippen LogP contribution in [0.15, 0.2) is 0 Å². The van der Waals surface area contributed by atoms with Gasteiger partial charge in [0.1, 0.15) is 6.04 Å². The Morgan fingerprint density at radius 2 is 1.73 bits per heavy atom. The van der Waals surface area contributed by atoms with Crippen LogP contribution in [-0.2, 0) is 19.2 Å². The molecular formula is C22H38N4O4. The van der Waals surface area contributed by atoms with Crippen LogP contribution >= 0.6 is 0 Å². The quantitative estimate of drug-likeness (QED) is 0.476. The first-order valence-electron chi connectivity index (χ1n) is 11.0. The van der Waals surface area contributed by atoms with E-state index in [1.165, 1.54) is 0 Å².